The first-order chi connectivity index (χ1) is 20.8. The summed E-state index contributed by atoms with van der Waals surface area (Å²) in [5.41, 5.74) is 8.47. The van der Waals surface area contributed by atoms with Gasteiger partial charge in [-0.3, -0.25) is 9.20 Å². The van der Waals surface area contributed by atoms with Gasteiger partial charge in [-0.1, -0.05) is 11.6 Å². The molecule has 244 valence electrons. The van der Waals surface area contributed by atoms with Crippen LogP contribution in [0.1, 0.15) is 48.7 Å². The molecule has 0 bridgehead atoms. The van der Waals surface area contributed by atoms with Gasteiger partial charge in [-0.15, -0.1) is 5.10 Å². The number of halogens is 7. The van der Waals surface area contributed by atoms with Crippen LogP contribution in [0.15, 0.2) is 37.1 Å². The third kappa shape index (κ3) is 8.02. The largest absolute Gasteiger partial charge is 0.490 e. The number of nitrogen functional groups attached to an aromatic ring is 1. The maximum atomic E-state index is 13.2. The molecule has 0 radical (unpaired) electrons. The number of hydrogen-bond donors (Lipinski definition) is 4. The van der Waals surface area contributed by atoms with E-state index in [1.54, 1.807) is 31.0 Å². The molecule has 13 nitrogen and oxygen atoms in total. The van der Waals surface area contributed by atoms with E-state index in [0.717, 1.165) is 36.3 Å². The first-order valence-corrected chi connectivity index (χ1v) is 13.1. The van der Waals surface area contributed by atoms with Crippen LogP contribution in [0.2, 0.25) is 5.02 Å². The number of hydrogen-bond acceptors (Lipinski definition) is 8. The molecule has 0 saturated carbocycles. The second kappa shape index (κ2) is 13.4. The average Bonchev–Trinajstić information content (AvgIpc) is 3.66. The molecule has 0 aliphatic carbocycles. The Morgan fingerprint density at radius 2 is 1.73 bits per heavy atom. The molecule has 1 amide bonds. The number of pyridine rings is 1. The number of imidazole rings is 1. The van der Waals surface area contributed by atoms with Crippen LogP contribution in [0, 0.1) is 0 Å². The monoisotopic (exact) mass is 666 g/mol. The number of nitrogens with two attached hydrogens (primary N) is 1. The summed E-state index contributed by atoms with van der Waals surface area (Å²) in [5, 5.41) is 22.1. The van der Waals surface area contributed by atoms with E-state index in [4.69, 9.17) is 37.1 Å². The highest BCUT2D eigenvalue weighted by Crippen LogP contribution is 2.36. The zero-order valence-electron chi connectivity index (χ0n) is 23.3. The Balaban J connectivity index is 0.000000331. The normalized spacial score (nSPS) is 15.6. The smallest absolute Gasteiger partial charge is 0.475 e. The Bertz CT molecular complexity index is 1680. The van der Waals surface area contributed by atoms with Crippen molar-refractivity contribution in [1.82, 2.24) is 29.3 Å². The third-order valence-corrected chi connectivity index (χ3v) is 6.73. The Hall–Kier alpha value is -4.81. The van der Waals surface area contributed by atoms with E-state index >= 15 is 0 Å². The van der Waals surface area contributed by atoms with Crippen LogP contribution in [0.3, 0.4) is 0 Å². The lowest BCUT2D eigenvalue weighted by molar-refractivity contribution is -0.193. The summed E-state index contributed by atoms with van der Waals surface area (Å²) in [7, 11) is 0. The van der Waals surface area contributed by atoms with E-state index in [1.165, 1.54) is 4.52 Å². The van der Waals surface area contributed by atoms with Crippen molar-refractivity contribution in [3.8, 4) is 0 Å². The number of carbonyl (C=O) groups is 3. The number of nitrogens with zero attached hydrogens (tertiary/aromatic N) is 6. The number of carbonyl (C=O) groups excluding carboxylic acids is 1. The quantitative estimate of drug-likeness (QED) is 0.229. The van der Waals surface area contributed by atoms with Crippen LogP contribution < -0.4 is 16.0 Å². The molecule has 1 aliphatic heterocycles. The molecule has 2 atom stereocenters. The molecule has 0 aromatic carbocycles. The number of rotatable bonds is 4. The number of amides is 1. The number of aliphatic carboxylic acids is 2. The van der Waals surface area contributed by atoms with Crippen LogP contribution in [-0.2, 0) is 9.59 Å². The number of aromatic nitrogens is 5. The van der Waals surface area contributed by atoms with Gasteiger partial charge in [0.1, 0.15) is 17.7 Å². The lowest BCUT2D eigenvalue weighted by Crippen LogP contribution is -2.33. The summed E-state index contributed by atoms with van der Waals surface area (Å²) < 4.78 is 67.0. The second-order valence-corrected chi connectivity index (χ2v) is 9.96. The van der Waals surface area contributed by atoms with Crippen LogP contribution in [0.25, 0.3) is 11.2 Å². The molecule has 1 saturated heterocycles. The van der Waals surface area contributed by atoms with Crippen LogP contribution in [0.5, 0.6) is 0 Å². The molecule has 4 aromatic heterocycles. The Morgan fingerprint density at radius 1 is 1.13 bits per heavy atom. The third-order valence-electron chi connectivity index (χ3n) is 6.43. The molecular formula is C25H25ClF6N8O5. The Morgan fingerprint density at radius 3 is 2.27 bits per heavy atom. The number of alkyl halides is 6. The minimum absolute atomic E-state index is 0.139. The van der Waals surface area contributed by atoms with Gasteiger partial charge in [0.2, 0.25) is 0 Å². The molecule has 5 rings (SSSR count). The maximum Gasteiger partial charge on any atom is 0.490 e. The molecule has 1 unspecified atom stereocenters. The van der Waals surface area contributed by atoms with E-state index in [9.17, 15) is 31.1 Å². The Labute approximate surface area is 254 Å². The van der Waals surface area contributed by atoms with Crippen LogP contribution in [0.4, 0.5) is 38.0 Å². The SMILES string of the molecule is CC(NC(=O)c1c(N)nn2cccnc12)c1cc(Cl)c2cncn2c1N1CCC[C@H]1C.O=C(O)C(F)(F)F.O=C(O)C(F)(F)F. The van der Waals surface area contributed by atoms with E-state index < -0.39 is 24.3 Å². The zero-order valence-corrected chi connectivity index (χ0v) is 24.0. The van der Waals surface area contributed by atoms with Crippen molar-refractivity contribution in [2.24, 2.45) is 0 Å². The van der Waals surface area contributed by atoms with Gasteiger partial charge in [0.25, 0.3) is 5.91 Å². The van der Waals surface area contributed by atoms with E-state index in [0.29, 0.717) is 16.7 Å². The fourth-order valence-electron chi connectivity index (χ4n) is 4.39. The second-order valence-electron chi connectivity index (χ2n) is 9.55. The minimum Gasteiger partial charge on any atom is -0.475 e. The van der Waals surface area contributed by atoms with Crippen molar-refractivity contribution in [2.75, 3.05) is 17.2 Å². The van der Waals surface area contributed by atoms with Gasteiger partial charge < -0.3 is 26.2 Å². The predicted molar refractivity (Wildman–Crippen MR) is 147 cm³/mol. The molecule has 5 N–H and O–H groups in total. The van der Waals surface area contributed by atoms with Crippen molar-refractivity contribution in [3.63, 3.8) is 0 Å². The zero-order chi connectivity index (χ0) is 33.9. The fraction of sp³-hybridized carbons (Fsp3) is 0.360. The van der Waals surface area contributed by atoms with E-state index in [2.05, 4.69) is 32.2 Å². The molecule has 5 heterocycles. The summed E-state index contributed by atoms with van der Waals surface area (Å²) in [4.78, 5) is 41.9. The summed E-state index contributed by atoms with van der Waals surface area (Å²) in [6.45, 7) is 5.09. The highest BCUT2D eigenvalue weighted by atomic mass is 35.5. The van der Waals surface area contributed by atoms with E-state index in [-0.39, 0.29) is 23.3 Å². The maximum absolute atomic E-state index is 13.2. The van der Waals surface area contributed by atoms with Crippen molar-refractivity contribution in [1.29, 1.82) is 0 Å². The first kappa shape index (κ1) is 34.7. The van der Waals surface area contributed by atoms with E-state index in [1.807, 2.05) is 17.4 Å². The lowest BCUT2D eigenvalue weighted by atomic mass is 10.1. The standard InChI is InChI=1S/C21H23ClN8O.2C2HF3O2/c1-12-5-3-7-28(12)21-14(9-15(22)16-10-24-11-29(16)21)13(2)26-20(31)17-18(23)27-30-8-4-6-25-19(17)30;2*3-2(4,5)1(6)7/h4,6,8-13H,3,5,7H2,1-2H3,(H2,23,27)(H,26,31);2*(H,6,7)/t12-,13?;;/m1../s1. The average molecular weight is 667 g/mol. The van der Waals surface area contributed by atoms with Gasteiger partial charge >= 0.3 is 24.3 Å². The molecular weight excluding hydrogens is 642 g/mol. The summed E-state index contributed by atoms with van der Waals surface area (Å²) in [6.07, 6.45) is -1.10. The predicted octanol–water partition coefficient (Wildman–Crippen LogP) is 4.36. The fourth-order valence-corrected chi connectivity index (χ4v) is 4.65. The number of anilines is 2. The molecule has 1 aliphatic rings. The number of fused-ring (bicyclic) bond motifs is 2. The van der Waals surface area contributed by atoms with Gasteiger partial charge in [-0.2, -0.15) is 26.3 Å². The molecule has 0 spiro atoms. The lowest BCUT2D eigenvalue weighted by Gasteiger charge is -2.30. The van der Waals surface area contributed by atoms with Crippen LogP contribution >= 0.6 is 11.6 Å². The number of carboxylic acids is 2. The van der Waals surface area contributed by atoms with Gasteiger partial charge in [0.05, 0.1) is 22.8 Å². The van der Waals surface area contributed by atoms with Gasteiger partial charge in [0.15, 0.2) is 11.5 Å². The van der Waals surface area contributed by atoms with Crippen molar-refractivity contribution >= 4 is 52.2 Å². The van der Waals surface area contributed by atoms with Crippen molar-refractivity contribution in [3.05, 3.63) is 53.2 Å². The molecule has 20 heteroatoms. The topological polar surface area (TPSA) is 180 Å². The molecule has 1 fully saturated rings. The molecule has 4 aromatic rings. The highest BCUT2D eigenvalue weighted by Gasteiger charge is 2.39. The molecule has 45 heavy (non-hydrogen) atoms. The summed E-state index contributed by atoms with van der Waals surface area (Å²) in [6, 6.07) is 3.70. The number of nitrogens with one attached hydrogen (secondary N) is 1. The summed E-state index contributed by atoms with van der Waals surface area (Å²) in [5.74, 6) is -4.71. The van der Waals surface area contributed by atoms with Crippen LogP contribution in [-0.4, -0.2) is 77.0 Å². The van der Waals surface area contributed by atoms with Gasteiger partial charge in [-0.05, 0) is 38.8 Å². The van der Waals surface area contributed by atoms with Gasteiger partial charge in [-0.25, -0.2) is 24.1 Å². The number of carboxylic acid groups (broad SMARTS) is 2. The van der Waals surface area contributed by atoms with Crippen molar-refractivity contribution < 1.29 is 50.9 Å². The first-order valence-electron chi connectivity index (χ1n) is 12.8. The van der Waals surface area contributed by atoms with Crippen molar-refractivity contribution in [2.45, 2.75) is 51.1 Å². The van der Waals surface area contributed by atoms with Gasteiger partial charge in [0, 0.05) is 30.5 Å². The summed E-state index contributed by atoms with van der Waals surface area (Å²) >= 11 is 6.57. The highest BCUT2D eigenvalue weighted by molar-refractivity contribution is 6.34. The Kier molecular flexibility index (Phi) is 10.4. The minimum atomic E-state index is -5.08.